The molecule has 2 aromatic heterocycles. The van der Waals surface area contributed by atoms with Crippen LogP contribution in [0.15, 0.2) is 34.1 Å². The van der Waals surface area contributed by atoms with Crippen LogP contribution < -0.4 is 4.90 Å². The molecule has 0 spiro atoms. The van der Waals surface area contributed by atoms with Crippen LogP contribution in [0.4, 0.5) is 0 Å². The minimum atomic E-state index is -0.724. The van der Waals surface area contributed by atoms with Gasteiger partial charge in [0, 0.05) is 13.0 Å². The molecule has 0 fully saturated rings. The van der Waals surface area contributed by atoms with E-state index in [4.69, 9.17) is 4.42 Å². The molecule has 0 saturated carbocycles. The van der Waals surface area contributed by atoms with Crippen LogP contribution in [0.2, 0.25) is 0 Å². The first-order valence-corrected chi connectivity index (χ1v) is 10.8. The third-order valence-corrected chi connectivity index (χ3v) is 6.47. The number of carbonyl (C=O) groups is 2. The highest BCUT2D eigenvalue weighted by Crippen LogP contribution is 2.40. The van der Waals surface area contributed by atoms with Crippen LogP contribution in [0, 0.1) is 13.8 Å². The third kappa shape index (κ3) is 4.13. The number of thiazole rings is 1. The fourth-order valence-electron chi connectivity index (χ4n) is 3.83. The first kappa shape index (κ1) is 21.3. The lowest BCUT2D eigenvalue weighted by Gasteiger charge is -2.25. The number of amides is 1. The molecule has 1 aliphatic rings. The molecule has 2 N–H and O–H groups in total. The van der Waals surface area contributed by atoms with Crippen molar-refractivity contribution >= 4 is 23.0 Å². The smallest absolute Gasteiger partial charge is 0.290 e. The summed E-state index contributed by atoms with van der Waals surface area (Å²) < 4.78 is 5.56. The van der Waals surface area contributed by atoms with Crippen LogP contribution in [0.25, 0.3) is 0 Å². The lowest BCUT2D eigenvalue weighted by molar-refractivity contribution is -0.896. The number of aromatic nitrogens is 1. The van der Waals surface area contributed by atoms with E-state index < -0.39 is 17.7 Å². The highest BCUT2D eigenvalue weighted by atomic mass is 32.1. The number of nitrogens with zero attached hydrogens (tertiary/aromatic N) is 2. The zero-order valence-electron chi connectivity index (χ0n) is 17.3. The molecule has 7 nitrogen and oxygen atoms in total. The topological polar surface area (TPSA) is 88.1 Å². The number of hydrogen-bond acceptors (Lipinski definition) is 6. The summed E-state index contributed by atoms with van der Waals surface area (Å²) in [5, 5.41) is 11.4. The minimum Gasteiger partial charge on any atom is -0.503 e. The molecule has 0 saturated heterocycles. The molecule has 0 bridgehead atoms. The second-order valence-electron chi connectivity index (χ2n) is 7.22. The Kier molecular flexibility index (Phi) is 6.54. The first-order valence-electron chi connectivity index (χ1n) is 9.98. The van der Waals surface area contributed by atoms with Crippen molar-refractivity contribution in [3.63, 3.8) is 0 Å². The van der Waals surface area contributed by atoms with E-state index in [2.05, 4.69) is 18.8 Å². The summed E-state index contributed by atoms with van der Waals surface area (Å²) in [6, 6.07) is 2.73. The summed E-state index contributed by atoms with van der Waals surface area (Å²) in [6.07, 6.45) is 2.28. The van der Waals surface area contributed by atoms with Crippen molar-refractivity contribution < 1.29 is 24.0 Å². The number of aryl methyl sites for hydroxylation is 2. The van der Waals surface area contributed by atoms with Crippen LogP contribution in [0.3, 0.4) is 0 Å². The molecule has 2 aromatic rings. The number of furan rings is 1. The normalized spacial score (nSPS) is 17.1. The minimum absolute atomic E-state index is 0.0758. The highest BCUT2D eigenvalue weighted by molar-refractivity contribution is 7.14. The second-order valence-corrected chi connectivity index (χ2v) is 8.42. The van der Waals surface area contributed by atoms with Crippen molar-refractivity contribution in [2.45, 2.75) is 40.2 Å². The number of hydrogen-bond donors (Lipinski definition) is 2. The maximum absolute atomic E-state index is 13.3. The Labute approximate surface area is 174 Å². The Bertz CT molecular complexity index is 913. The second kappa shape index (κ2) is 8.92. The predicted octanol–water partition coefficient (Wildman–Crippen LogP) is 2.25. The van der Waals surface area contributed by atoms with Gasteiger partial charge in [-0.05, 0) is 39.8 Å². The lowest BCUT2D eigenvalue weighted by Crippen LogP contribution is -3.11. The molecule has 0 aliphatic carbocycles. The van der Waals surface area contributed by atoms with E-state index in [-0.39, 0.29) is 11.4 Å². The molecular formula is C21H28N3O4S+. The average Bonchev–Trinajstić information content (AvgIpc) is 3.39. The Morgan fingerprint density at radius 2 is 2.07 bits per heavy atom. The van der Waals surface area contributed by atoms with E-state index in [9.17, 15) is 14.7 Å². The Morgan fingerprint density at radius 1 is 1.34 bits per heavy atom. The molecule has 0 radical (unpaired) electrons. The molecule has 1 amide bonds. The van der Waals surface area contributed by atoms with Crippen LogP contribution in [-0.2, 0) is 4.79 Å². The largest absolute Gasteiger partial charge is 0.503 e. The molecule has 0 unspecified atom stereocenters. The fourth-order valence-corrected chi connectivity index (χ4v) is 4.70. The molecule has 8 heteroatoms. The Morgan fingerprint density at radius 3 is 2.62 bits per heavy atom. The number of aliphatic hydroxyl groups excluding tert-OH is 1. The first-order chi connectivity index (χ1) is 13.9. The van der Waals surface area contributed by atoms with E-state index in [0.29, 0.717) is 22.9 Å². The van der Waals surface area contributed by atoms with Gasteiger partial charge in [0.1, 0.15) is 11.8 Å². The number of rotatable bonds is 9. The maximum Gasteiger partial charge on any atom is 0.290 e. The number of carbonyl (C=O) groups excluding carboxylic acids is 2. The molecule has 29 heavy (non-hydrogen) atoms. The predicted molar refractivity (Wildman–Crippen MR) is 110 cm³/mol. The molecule has 1 atom stereocenters. The van der Waals surface area contributed by atoms with Crippen molar-refractivity contribution in [3.8, 4) is 0 Å². The van der Waals surface area contributed by atoms with Crippen molar-refractivity contribution in [1.29, 1.82) is 0 Å². The highest BCUT2D eigenvalue weighted by Gasteiger charge is 2.45. The summed E-state index contributed by atoms with van der Waals surface area (Å²) in [4.78, 5) is 33.9. The number of quaternary nitrogens is 1. The molecular weight excluding hydrogens is 390 g/mol. The number of ketones is 1. The molecule has 156 valence electrons. The van der Waals surface area contributed by atoms with Gasteiger partial charge in [0.05, 0.1) is 47.0 Å². The van der Waals surface area contributed by atoms with Crippen molar-refractivity contribution in [3.05, 3.63) is 51.1 Å². The maximum atomic E-state index is 13.3. The SMILES string of the molecule is CC[NH+](CC)CCCN1C(=O)C(O)=C(C(=O)c2sc(C)nc2C)[C@H]1c1ccco1. The van der Waals surface area contributed by atoms with Crippen LogP contribution >= 0.6 is 11.3 Å². The number of Topliss-reactive ketones (excluding diaryl/α,β-unsaturated/α-hetero) is 1. The summed E-state index contributed by atoms with van der Waals surface area (Å²) in [7, 11) is 0. The monoisotopic (exact) mass is 418 g/mol. The van der Waals surface area contributed by atoms with Gasteiger partial charge in [-0.2, -0.15) is 0 Å². The Balaban J connectivity index is 1.91. The molecule has 3 rings (SSSR count). The van der Waals surface area contributed by atoms with Gasteiger partial charge >= 0.3 is 0 Å². The number of aliphatic hydroxyl groups is 1. The quantitative estimate of drug-likeness (QED) is 0.610. The number of nitrogens with one attached hydrogen (secondary N) is 1. The summed E-state index contributed by atoms with van der Waals surface area (Å²) in [5.74, 6) is -0.905. The van der Waals surface area contributed by atoms with E-state index >= 15 is 0 Å². The van der Waals surface area contributed by atoms with Crippen LogP contribution in [-0.4, -0.2) is 52.9 Å². The zero-order chi connectivity index (χ0) is 21.1. The van der Waals surface area contributed by atoms with Gasteiger partial charge in [-0.25, -0.2) is 4.98 Å². The molecule has 1 aliphatic heterocycles. The molecule has 3 heterocycles. The van der Waals surface area contributed by atoms with Crippen LogP contribution in [0.1, 0.15) is 52.4 Å². The van der Waals surface area contributed by atoms with Gasteiger partial charge in [0.25, 0.3) is 5.91 Å². The van der Waals surface area contributed by atoms with Gasteiger partial charge in [-0.3, -0.25) is 9.59 Å². The van der Waals surface area contributed by atoms with E-state index in [1.165, 1.54) is 22.5 Å². The summed E-state index contributed by atoms with van der Waals surface area (Å²) >= 11 is 1.27. The van der Waals surface area contributed by atoms with Crippen molar-refractivity contribution in [2.75, 3.05) is 26.2 Å². The van der Waals surface area contributed by atoms with Gasteiger partial charge in [-0.15, -0.1) is 11.3 Å². The van der Waals surface area contributed by atoms with Gasteiger partial charge in [0.15, 0.2) is 5.76 Å². The fraction of sp³-hybridized carbons (Fsp3) is 0.476. The summed E-state index contributed by atoms with van der Waals surface area (Å²) in [5.41, 5.74) is 0.680. The average molecular weight is 419 g/mol. The third-order valence-electron chi connectivity index (χ3n) is 5.40. The Hall–Kier alpha value is -2.45. The summed E-state index contributed by atoms with van der Waals surface area (Å²) in [6.45, 7) is 11.2. The zero-order valence-corrected chi connectivity index (χ0v) is 18.1. The van der Waals surface area contributed by atoms with E-state index in [1.807, 2.05) is 6.92 Å². The van der Waals surface area contributed by atoms with Gasteiger partial charge < -0.3 is 19.3 Å². The van der Waals surface area contributed by atoms with E-state index in [1.54, 1.807) is 24.0 Å². The van der Waals surface area contributed by atoms with Gasteiger partial charge in [0.2, 0.25) is 5.78 Å². The van der Waals surface area contributed by atoms with Crippen LogP contribution in [0.5, 0.6) is 0 Å². The molecule has 0 aromatic carbocycles. The van der Waals surface area contributed by atoms with Gasteiger partial charge in [-0.1, -0.05) is 0 Å². The lowest BCUT2D eigenvalue weighted by atomic mass is 9.99. The standard InChI is InChI=1S/C21H27N3O4S/c1-5-23(6-2)10-8-11-24-17(15-9-7-12-28-15)16(19(26)21(24)27)18(25)20-13(3)22-14(4)29-20/h7,9,12,17,26H,5-6,8,10-11H2,1-4H3/p+1/t17-/m1/s1. The van der Waals surface area contributed by atoms with Crippen molar-refractivity contribution in [1.82, 2.24) is 9.88 Å². The van der Waals surface area contributed by atoms with E-state index in [0.717, 1.165) is 31.1 Å². The van der Waals surface area contributed by atoms with Crippen molar-refractivity contribution in [2.24, 2.45) is 0 Å².